The Morgan fingerprint density at radius 1 is 0.800 bits per heavy atom. The van der Waals surface area contributed by atoms with Crippen LogP contribution >= 0.6 is 0 Å². The van der Waals surface area contributed by atoms with Crippen molar-refractivity contribution >= 4 is 11.0 Å². The second-order valence-electron chi connectivity index (χ2n) is 8.60. The van der Waals surface area contributed by atoms with E-state index in [0.717, 1.165) is 39.4 Å². The molecule has 0 saturated carbocycles. The van der Waals surface area contributed by atoms with Crippen LogP contribution in [0.1, 0.15) is 26.3 Å². The van der Waals surface area contributed by atoms with Crippen LogP contribution in [-0.2, 0) is 5.41 Å². The van der Waals surface area contributed by atoms with E-state index in [1.54, 1.807) is 0 Å². The predicted octanol–water partition coefficient (Wildman–Crippen LogP) is 6.38. The maximum Gasteiger partial charge on any atom is 0.142 e. The molecule has 0 aliphatic heterocycles. The minimum Gasteiger partial charge on any atom is -0.338 e. The van der Waals surface area contributed by atoms with Crippen molar-refractivity contribution in [2.75, 3.05) is 0 Å². The Bertz CT molecular complexity index is 1270. The monoisotopic (exact) mass is 392 g/mol. The number of imidazole rings is 1. The van der Waals surface area contributed by atoms with Gasteiger partial charge in [-0.15, -0.1) is 0 Å². The van der Waals surface area contributed by atoms with Crippen molar-refractivity contribution in [2.45, 2.75) is 26.2 Å². The number of aromatic amines is 1. The van der Waals surface area contributed by atoms with Gasteiger partial charge in [-0.05, 0) is 35.2 Å². The molecule has 5 rings (SSSR count). The van der Waals surface area contributed by atoms with Gasteiger partial charge in [0.2, 0.25) is 0 Å². The highest BCUT2D eigenvalue weighted by Crippen LogP contribution is 2.33. The summed E-state index contributed by atoms with van der Waals surface area (Å²) in [5, 5.41) is 4.95. The summed E-state index contributed by atoms with van der Waals surface area (Å²) in [6.07, 6.45) is 2.06. The zero-order valence-electron chi connectivity index (χ0n) is 17.4. The third-order valence-electron chi connectivity index (χ3n) is 5.40. The zero-order valence-corrected chi connectivity index (χ0v) is 17.4. The quantitative estimate of drug-likeness (QED) is 0.387. The Kier molecular flexibility index (Phi) is 4.28. The van der Waals surface area contributed by atoms with Crippen LogP contribution in [0.25, 0.3) is 39.4 Å². The molecule has 0 spiro atoms. The topological polar surface area (TPSA) is 46.5 Å². The van der Waals surface area contributed by atoms with Crippen LogP contribution in [0.3, 0.4) is 0 Å². The first-order chi connectivity index (χ1) is 14.5. The Morgan fingerprint density at radius 2 is 1.50 bits per heavy atom. The van der Waals surface area contributed by atoms with Gasteiger partial charge in [0.25, 0.3) is 0 Å². The summed E-state index contributed by atoms with van der Waals surface area (Å²) < 4.78 is 1.93. The van der Waals surface area contributed by atoms with Gasteiger partial charge in [0.15, 0.2) is 0 Å². The van der Waals surface area contributed by atoms with Crippen LogP contribution < -0.4 is 0 Å². The number of rotatable bonds is 3. The first-order valence-corrected chi connectivity index (χ1v) is 10.2. The lowest BCUT2D eigenvalue weighted by atomic mass is 9.86. The molecule has 0 radical (unpaired) electrons. The molecule has 0 amide bonds. The Morgan fingerprint density at radius 3 is 2.20 bits per heavy atom. The average Bonchev–Trinajstić information content (AvgIpc) is 3.38. The number of fused-ring (bicyclic) bond motifs is 1. The normalized spacial score (nSPS) is 11.8. The highest BCUT2D eigenvalue weighted by Gasteiger charge is 2.19. The van der Waals surface area contributed by atoms with E-state index in [1.165, 1.54) is 5.56 Å². The number of aromatic nitrogens is 4. The Hall–Kier alpha value is -3.66. The number of para-hydroxylation sites is 3. The van der Waals surface area contributed by atoms with Crippen molar-refractivity contribution < 1.29 is 0 Å². The first kappa shape index (κ1) is 18.4. The van der Waals surface area contributed by atoms with E-state index in [-0.39, 0.29) is 5.41 Å². The van der Waals surface area contributed by atoms with Crippen LogP contribution in [-0.4, -0.2) is 19.7 Å². The van der Waals surface area contributed by atoms with E-state index in [0.29, 0.717) is 0 Å². The van der Waals surface area contributed by atoms with Gasteiger partial charge in [0.1, 0.15) is 11.5 Å². The molecular formula is C26H24N4. The lowest BCUT2D eigenvalue weighted by Gasteiger charge is -2.19. The molecular weight excluding hydrogens is 368 g/mol. The fourth-order valence-corrected chi connectivity index (χ4v) is 3.68. The lowest BCUT2D eigenvalue weighted by Crippen LogP contribution is -2.10. The van der Waals surface area contributed by atoms with Gasteiger partial charge >= 0.3 is 0 Å². The fraction of sp³-hybridized carbons (Fsp3) is 0.154. The van der Waals surface area contributed by atoms with Gasteiger partial charge in [0.05, 0.1) is 22.3 Å². The van der Waals surface area contributed by atoms with Crippen LogP contribution in [0.2, 0.25) is 0 Å². The molecule has 2 aromatic heterocycles. The van der Waals surface area contributed by atoms with Crippen LogP contribution in [0.4, 0.5) is 0 Å². The molecule has 5 aromatic rings. The van der Waals surface area contributed by atoms with Gasteiger partial charge in [-0.1, -0.05) is 75.4 Å². The number of hydrogen-bond acceptors (Lipinski definition) is 2. The third kappa shape index (κ3) is 3.30. The van der Waals surface area contributed by atoms with Crippen LogP contribution in [0.15, 0.2) is 85.1 Å². The molecule has 4 nitrogen and oxygen atoms in total. The van der Waals surface area contributed by atoms with Crippen molar-refractivity contribution in [2.24, 2.45) is 0 Å². The van der Waals surface area contributed by atoms with Gasteiger partial charge in [0, 0.05) is 11.8 Å². The molecule has 0 fully saturated rings. The lowest BCUT2D eigenvalue weighted by molar-refractivity contribution is 0.590. The summed E-state index contributed by atoms with van der Waals surface area (Å²) >= 11 is 0. The maximum absolute atomic E-state index is 4.95. The summed E-state index contributed by atoms with van der Waals surface area (Å²) in [5.41, 5.74) is 7.39. The summed E-state index contributed by atoms with van der Waals surface area (Å²) in [5.74, 6) is 0.827. The number of H-pyrrole nitrogens is 1. The van der Waals surface area contributed by atoms with E-state index in [4.69, 9.17) is 10.1 Å². The largest absolute Gasteiger partial charge is 0.338 e. The molecule has 0 unspecified atom stereocenters. The van der Waals surface area contributed by atoms with E-state index in [2.05, 4.69) is 68.4 Å². The number of benzene rings is 3. The molecule has 0 saturated heterocycles. The van der Waals surface area contributed by atoms with Gasteiger partial charge in [-0.3, -0.25) is 0 Å². The standard InChI is InChI=1S/C26H24N4/c1-26(2,3)19-15-13-18(14-16-19)24-21(17-30(29-24)20-9-5-4-6-10-20)25-27-22-11-7-8-12-23(22)28-25/h4-17H,1-3H3,(H,27,28). The van der Waals surface area contributed by atoms with Crippen LogP contribution in [0.5, 0.6) is 0 Å². The third-order valence-corrected chi connectivity index (χ3v) is 5.40. The molecule has 30 heavy (non-hydrogen) atoms. The summed E-state index contributed by atoms with van der Waals surface area (Å²) in [4.78, 5) is 8.28. The minimum atomic E-state index is 0.115. The van der Waals surface area contributed by atoms with E-state index in [9.17, 15) is 0 Å². The molecule has 0 atom stereocenters. The first-order valence-electron chi connectivity index (χ1n) is 10.2. The summed E-state index contributed by atoms with van der Waals surface area (Å²) in [6.45, 7) is 6.68. The highest BCUT2D eigenvalue weighted by molar-refractivity contribution is 5.84. The van der Waals surface area contributed by atoms with Gasteiger partial charge in [-0.25, -0.2) is 9.67 Å². The van der Waals surface area contributed by atoms with Crippen molar-refractivity contribution in [1.29, 1.82) is 0 Å². The second kappa shape index (κ2) is 6.99. The molecule has 3 aromatic carbocycles. The molecule has 4 heteroatoms. The average molecular weight is 393 g/mol. The predicted molar refractivity (Wildman–Crippen MR) is 123 cm³/mol. The maximum atomic E-state index is 4.95. The van der Waals surface area contributed by atoms with E-state index >= 15 is 0 Å². The highest BCUT2D eigenvalue weighted by atomic mass is 15.3. The fourth-order valence-electron chi connectivity index (χ4n) is 3.68. The molecule has 0 aliphatic rings. The zero-order chi connectivity index (χ0) is 20.7. The molecule has 2 heterocycles. The van der Waals surface area contributed by atoms with E-state index < -0.39 is 0 Å². The smallest absolute Gasteiger partial charge is 0.142 e. The summed E-state index contributed by atoms with van der Waals surface area (Å²) in [7, 11) is 0. The Labute approximate surface area is 176 Å². The SMILES string of the molecule is CC(C)(C)c1ccc(-c2nn(-c3ccccc3)cc2-c2nc3ccccc3[nH]2)cc1. The molecule has 0 aliphatic carbocycles. The van der Waals surface area contributed by atoms with Crippen LogP contribution in [0, 0.1) is 0 Å². The van der Waals surface area contributed by atoms with Crippen molar-refractivity contribution in [3.63, 3.8) is 0 Å². The minimum absolute atomic E-state index is 0.115. The molecule has 0 bridgehead atoms. The van der Waals surface area contributed by atoms with Crippen molar-refractivity contribution in [3.05, 3.63) is 90.6 Å². The summed E-state index contributed by atoms with van der Waals surface area (Å²) in [6, 6.07) is 27.0. The van der Waals surface area contributed by atoms with Crippen molar-refractivity contribution in [1.82, 2.24) is 19.7 Å². The van der Waals surface area contributed by atoms with Crippen molar-refractivity contribution in [3.8, 4) is 28.3 Å². The molecule has 1 N–H and O–H groups in total. The van der Waals surface area contributed by atoms with E-state index in [1.807, 2.05) is 47.1 Å². The Balaban J connectivity index is 1.67. The van der Waals surface area contributed by atoms with Gasteiger partial charge in [-0.2, -0.15) is 5.10 Å². The number of nitrogens with one attached hydrogen (secondary N) is 1. The van der Waals surface area contributed by atoms with Gasteiger partial charge < -0.3 is 4.98 Å². The molecule has 148 valence electrons. The second-order valence-corrected chi connectivity index (χ2v) is 8.60. The number of hydrogen-bond donors (Lipinski definition) is 1. The number of nitrogens with zero attached hydrogens (tertiary/aromatic N) is 3.